The molecule has 0 amide bonds. The minimum Gasteiger partial charge on any atom is -0.466 e. The summed E-state index contributed by atoms with van der Waals surface area (Å²) in [5.74, 6) is -0.0808. The molecule has 3 heterocycles. The lowest BCUT2D eigenvalue weighted by Gasteiger charge is -2.24. The van der Waals surface area contributed by atoms with E-state index in [4.69, 9.17) is 15.2 Å². The Balaban J connectivity index is 1.60. The highest BCUT2D eigenvalue weighted by atomic mass is 32.2. The molecular formula is C22H31N5O5S2. The Morgan fingerprint density at radius 1 is 1.32 bits per heavy atom. The minimum atomic E-state index is -0.628. The lowest BCUT2D eigenvalue weighted by molar-refractivity contribution is -0.145. The molecule has 0 saturated heterocycles. The number of anilines is 3. The van der Waals surface area contributed by atoms with Crippen LogP contribution in [0.1, 0.15) is 43.6 Å². The van der Waals surface area contributed by atoms with E-state index in [1.165, 1.54) is 16.6 Å². The fourth-order valence-electron chi connectivity index (χ4n) is 3.58. The number of carbonyl (C=O) groups excluding carboxylic acids is 2. The quantitative estimate of drug-likeness (QED) is 0.333. The van der Waals surface area contributed by atoms with Crippen molar-refractivity contribution in [1.82, 2.24) is 9.97 Å². The Labute approximate surface area is 206 Å². The maximum atomic E-state index is 12.4. The first-order chi connectivity index (χ1) is 16.3. The van der Waals surface area contributed by atoms with Crippen molar-refractivity contribution < 1.29 is 19.1 Å². The van der Waals surface area contributed by atoms with Gasteiger partial charge in [0.15, 0.2) is 0 Å². The number of ether oxygens (including phenoxy) is 2. The smallest absolute Gasteiger partial charge is 0.328 e. The van der Waals surface area contributed by atoms with Crippen molar-refractivity contribution in [1.29, 1.82) is 0 Å². The normalized spacial score (nSPS) is 15.7. The maximum Gasteiger partial charge on any atom is 0.328 e. The number of aromatic nitrogens is 2. The third-order valence-electron chi connectivity index (χ3n) is 5.22. The van der Waals surface area contributed by atoms with Crippen LogP contribution in [0.3, 0.4) is 0 Å². The second-order valence-corrected chi connectivity index (χ2v) is 10.2. The van der Waals surface area contributed by atoms with Crippen LogP contribution in [0.15, 0.2) is 15.8 Å². The van der Waals surface area contributed by atoms with Crippen LogP contribution < -0.4 is 21.9 Å². The lowest BCUT2D eigenvalue weighted by atomic mass is 10.1. The van der Waals surface area contributed by atoms with E-state index < -0.39 is 6.04 Å². The van der Waals surface area contributed by atoms with Gasteiger partial charge >= 0.3 is 11.9 Å². The lowest BCUT2D eigenvalue weighted by Crippen LogP contribution is -2.32. The van der Waals surface area contributed by atoms with Crippen LogP contribution in [0.2, 0.25) is 0 Å². The highest BCUT2D eigenvalue weighted by Gasteiger charge is 2.25. The summed E-state index contributed by atoms with van der Waals surface area (Å²) in [6.07, 6.45) is 2.13. The van der Waals surface area contributed by atoms with E-state index in [1.807, 2.05) is 13.0 Å². The summed E-state index contributed by atoms with van der Waals surface area (Å²) in [5, 5.41) is 7.51. The summed E-state index contributed by atoms with van der Waals surface area (Å²) in [7, 11) is 0. The Hall–Kier alpha value is -2.73. The van der Waals surface area contributed by atoms with E-state index >= 15 is 0 Å². The van der Waals surface area contributed by atoms with E-state index in [0.29, 0.717) is 30.3 Å². The van der Waals surface area contributed by atoms with Crippen molar-refractivity contribution in [3.05, 3.63) is 26.9 Å². The topological polar surface area (TPSA) is 148 Å². The molecule has 10 nitrogen and oxygen atoms in total. The van der Waals surface area contributed by atoms with Gasteiger partial charge in [-0.2, -0.15) is 4.98 Å². The third-order valence-corrected chi connectivity index (χ3v) is 7.80. The van der Waals surface area contributed by atoms with Crippen molar-refractivity contribution in [3.8, 4) is 0 Å². The fraction of sp³-hybridized carbons (Fsp3) is 0.545. The molecule has 0 unspecified atom stereocenters. The molecule has 0 saturated carbocycles. The molecule has 0 fully saturated rings. The summed E-state index contributed by atoms with van der Waals surface area (Å²) >= 11 is 3.10. The number of nitrogen functional groups attached to an aromatic ring is 1. The van der Waals surface area contributed by atoms with E-state index in [2.05, 4.69) is 20.6 Å². The van der Waals surface area contributed by atoms with Crippen LogP contribution in [-0.2, 0) is 25.5 Å². The number of aromatic amines is 1. The number of H-pyrrole nitrogens is 1. The fourth-order valence-corrected chi connectivity index (χ4v) is 5.84. The summed E-state index contributed by atoms with van der Waals surface area (Å²) in [6, 6.07) is 1.38. The zero-order valence-corrected chi connectivity index (χ0v) is 21.2. The number of nitrogens with zero attached hydrogens (tertiary/aromatic N) is 1. The highest BCUT2D eigenvalue weighted by Crippen LogP contribution is 2.35. The molecular weight excluding hydrogens is 478 g/mol. The molecule has 2 aromatic heterocycles. The van der Waals surface area contributed by atoms with Gasteiger partial charge in [0.25, 0.3) is 5.56 Å². The van der Waals surface area contributed by atoms with E-state index in [9.17, 15) is 14.4 Å². The Kier molecular flexibility index (Phi) is 9.22. The largest absolute Gasteiger partial charge is 0.466 e. The number of carbonyl (C=O) groups is 2. The average Bonchev–Trinajstić information content (AvgIpc) is 3.14. The van der Waals surface area contributed by atoms with Gasteiger partial charge in [-0.1, -0.05) is 0 Å². The van der Waals surface area contributed by atoms with E-state index in [1.54, 1.807) is 25.2 Å². The zero-order valence-electron chi connectivity index (χ0n) is 19.6. The van der Waals surface area contributed by atoms with Crippen molar-refractivity contribution in [2.45, 2.75) is 62.6 Å². The van der Waals surface area contributed by atoms with Gasteiger partial charge < -0.3 is 25.8 Å². The number of thiophene rings is 1. The van der Waals surface area contributed by atoms with E-state index in [0.717, 1.165) is 23.4 Å². The van der Waals surface area contributed by atoms with Gasteiger partial charge in [0, 0.05) is 23.1 Å². The molecule has 0 radical (unpaired) electrons. The van der Waals surface area contributed by atoms with Crippen molar-refractivity contribution in [2.24, 2.45) is 0 Å². The number of esters is 2. The molecule has 34 heavy (non-hydrogen) atoms. The van der Waals surface area contributed by atoms with Crippen molar-refractivity contribution in [3.63, 3.8) is 0 Å². The summed E-state index contributed by atoms with van der Waals surface area (Å²) in [6.45, 7) is 6.81. The predicted octanol–water partition coefficient (Wildman–Crippen LogP) is 2.93. The predicted molar refractivity (Wildman–Crippen MR) is 135 cm³/mol. The zero-order chi connectivity index (χ0) is 24.7. The summed E-state index contributed by atoms with van der Waals surface area (Å²) in [5.41, 5.74) is 6.52. The van der Waals surface area contributed by atoms with Gasteiger partial charge in [-0.05, 0) is 51.7 Å². The number of aryl methyl sites for hydroxylation is 2. The Bertz CT molecular complexity index is 1070. The molecule has 0 bridgehead atoms. The molecule has 0 spiro atoms. The summed E-state index contributed by atoms with van der Waals surface area (Å²) in [4.78, 5) is 44.8. The third kappa shape index (κ3) is 6.89. The van der Waals surface area contributed by atoms with Crippen LogP contribution in [0.4, 0.5) is 16.8 Å². The molecule has 2 atom stereocenters. The van der Waals surface area contributed by atoms with Crippen LogP contribution in [0.25, 0.3) is 0 Å². The van der Waals surface area contributed by atoms with Crippen molar-refractivity contribution in [2.75, 3.05) is 36.1 Å². The first-order valence-electron chi connectivity index (χ1n) is 11.3. The number of nitrogens with one attached hydrogen (secondary N) is 3. The van der Waals surface area contributed by atoms with Crippen LogP contribution in [0, 0.1) is 6.92 Å². The molecule has 12 heteroatoms. The molecule has 1 aliphatic rings. The summed E-state index contributed by atoms with van der Waals surface area (Å²) < 4.78 is 10.2. The SMILES string of the molecule is CCOC(=O)CC[C@H](Nc1cc(C)c(CC[C@H]2CNc3nc(N)[nH]c(=O)c3S2)s1)C(=O)OCC. The van der Waals surface area contributed by atoms with Gasteiger partial charge in [-0.3, -0.25) is 14.6 Å². The van der Waals surface area contributed by atoms with Gasteiger partial charge in [0.2, 0.25) is 5.95 Å². The Morgan fingerprint density at radius 2 is 2.09 bits per heavy atom. The molecule has 3 rings (SSSR count). The van der Waals surface area contributed by atoms with E-state index in [-0.39, 0.29) is 41.7 Å². The molecule has 0 aromatic carbocycles. The molecule has 5 N–H and O–H groups in total. The van der Waals surface area contributed by atoms with Crippen molar-refractivity contribution >= 4 is 51.8 Å². The monoisotopic (exact) mass is 509 g/mol. The first kappa shape index (κ1) is 25.9. The number of nitrogens with two attached hydrogens (primary N) is 1. The van der Waals surface area contributed by atoms with Crippen LogP contribution >= 0.6 is 23.1 Å². The van der Waals surface area contributed by atoms with Crippen LogP contribution in [0.5, 0.6) is 0 Å². The number of rotatable bonds is 11. The van der Waals surface area contributed by atoms with Gasteiger partial charge in [0.1, 0.15) is 16.8 Å². The Morgan fingerprint density at radius 3 is 2.82 bits per heavy atom. The molecule has 0 aliphatic carbocycles. The maximum absolute atomic E-state index is 12.4. The molecule has 2 aromatic rings. The minimum absolute atomic E-state index is 0.105. The average molecular weight is 510 g/mol. The molecule has 186 valence electrons. The van der Waals surface area contributed by atoms with Crippen LogP contribution in [-0.4, -0.2) is 53.0 Å². The number of thioether (sulfide) groups is 1. The number of hydrogen-bond acceptors (Lipinski definition) is 11. The van der Waals surface area contributed by atoms with Gasteiger partial charge in [0.05, 0.1) is 18.2 Å². The van der Waals surface area contributed by atoms with Gasteiger partial charge in [-0.15, -0.1) is 23.1 Å². The highest BCUT2D eigenvalue weighted by molar-refractivity contribution is 8.00. The second-order valence-electron chi connectivity index (χ2n) is 7.80. The number of fused-ring (bicyclic) bond motifs is 1. The van der Waals surface area contributed by atoms with Gasteiger partial charge in [-0.25, -0.2) is 4.79 Å². The number of hydrogen-bond donors (Lipinski definition) is 4. The first-order valence-corrected chi connectivity index (χ1v) is 13.0. The molecule has 1 aliphatic heterocycles. The second kappa shape index (κ2) is 12.1. The standard InChI is InChI=1S/C22H31N5O5S2/c1-4-31-17(28)9-7-14(21(30)32-5-2)25-16-10-12(3)15(34-16)8-6-13-11-24-19-18(33-13)20(29)27-22(23)26-19/h10,13-14,25H,4-9,11H2,1-3H3,(H4,23,24,26,27,29)/t13-,14-/m0/s1.